The van der Waals surface area contributed by atoms with Gasteiger partial charge in [0.15, 0.2) is 0 Å². The fraction of sp³-hybridized carbons (Fsp3) is 0.538. The fourth-order valence-corrected chi connectivity index (χ4v) is 2.52. The van der Waals surface area contributed by atoms with E-state index in [1.54, 1.807) is 0 Å². The largest absolute Gasteiger partial charge is 0.271 e. The van der Waals surface area contributed by atoms with Crippen LogP contribution in [0.5, 0.6) is 0 Å². The topological polar surface area (TPSA) is 38.0 Å². The van der Waals surface area contributed by atoms with Crippen LogP contribution < -0.4 is 11.3 Å². The molecule has 0 saturated heterocycles. The van der Waals surface area contributed by atoms with Crippen LogP contribution in [0.1, 0.15) is 44.7 Å². The molecular formula is C13H20BrFN2. The lowest BCUT2D eigenvalue weighted by atomic mass is 9.91. The summed E-state index contributed by atoms with van der Waals surface area (Å²) in [6.45, 7) is 4.34. The highest BCUT2D eigenvalue weighted by molar-refractivity contribution is 9.10. The van der Waals surface area contributed by atoms with Crippen molar-refractivity contribution in [2.45, 2.75) is 39.2 Å². The van der Waals surface area contributed by atoms with Crippen molar-refractivity contribution in [1.29, 1.82) is 0 Å². The molecule has 1 atom stereocenters. The molecule has 0 aliphatic rings. The first-order valence-corrected chi connectivity index (χ1v) is 6.82. The van der Waals surface area contributed by atoms with Gasteiger partial charge in [-0.25, -0.2) is 4.39 Å². The minimum absolute atomic E-state index is 0.00639. The summed E-state index contributed by atoms with van der Waals surface area (Å²) >= 11 is 3.30. The maximum absolute atomic E-state index is 13.3. The highest BCUT2D eigenvalue weighted by Crippen LogP contribution is 2.27. The van der Waals surface area contributed by atoms with E-state index in [1.165, 1.54) is 12.1 Å². The number of hydrogen-bond acceptors (Lipinski definition) is 2. The Hall–Kier alpha value is -0.450. The zero-order valence-electron chi connectivity index (χ0n) is 10.3. The van der Waals surface area contributed by atoms with E-state index >= 15 is 0 Å². The van der Waals surface area contributed by atoms with Gasteiger partial charge < -0.3 is 0 Å². The number of nitrogens with two attached hydrogens (primary N) is 1. The molecular weight excluding hydrogens is 283 g/mol. The van der Waals surface area contributed by atoms with E-state index in [0.717, 1.165) is 29.3 Å². The second-order valence-electron chi connectivity index (χ2n) is 4.34. The second kappa shape index (κ2) is 7.09. The molecule has 0 radical (unpaired) electrons. The van der Waals surface area contributed by atoms with Gasteiger partial charge >= 0.3 is 0 Å². The summed E-state index contributed by atoms with van der Waals surface area (Å²) in [5.74, 6) is 5.95. The quantitative estimate of drug-likeness (QED) is 0.617. The first-order chi connectivity index (χ1) is 8.10. The number of nitrogens with one attached hydrogen (secondary N) is 1. The number of rotatable bonds is 6. The maximum atomic E-state index is 13.3. The minimum atomic E-state index is -0.237. The summed E-state index contributed by atoms with van der Waals surface area (Å²) in [7, 11) is 0. The Morgan fingerprint density at radius 2 is 1.94 bits per heavy atom. The van der Waals surface area contributed by atoms with Crippen LogP contribution in [-0.2, 0) is 0 Å². The molecule has 0 saturated carbocycles. The van der Waals surface area contributed by atoms with E-state index < -0.39 is 0 Å². The minimum Gasteiger partial charge on any atom is -0.271 e. The van der Waals surface area contributed by atoms with E-state index in [9.17, 15) is 4.39 Å². The second-order valence-corrected chi connectivity index (χ2v) is 5.26. The predicted molar refractivity (Wildman–Crippen MR) is 72.9 cm³/mol. The van der Waals surface area contributed by atoms with Crippen molar-refractivity contribution >= 4 is 15.9 Å². The zero-order valence-corrected chi connectivity index (χ0v) is 11.9. The number of hydrogen-bond donors (Lipinski definition) is 2. The third kappa shape index (κ3) is 4.37. The molecule has 0 fully saturated rings. The molecule has 2 nitrogen and oxygen atoms in total. The molecule has 0 aliphatic carbocycles. The van der Waals surface area contributed by atoms with E-state index in [2.05, 4.69) is 35.2 Å². The van der Waals surface area contributed by atoms with Gasteiger partial charge in [-0.15, -0.1) is 0 Å². The summed E-state index contributed by atoms with van der Waals surface area (Å²) in [6, 6.07) is 4.91. The maximum Gasteiger partial charge on any atom is 0.124 e. The Balaban J connectivity index is 2.85. The van der Waals surface area contributed by atoms with Gasteiger partial charge in [0.05, 0.1) is 0 Å². The molecule has 1 aromatic rings. The highest BCUT2D eigenvalue weighted by atomic mass is 79.9. The third-order valence-corrected chi connectivity index (χ3v) is 3.67. The van der Waals surface area contributed by atoms with Crippen molar-refractivity contribution in [3.63, 3.8) is 0 Å². The molecule has 4 heteroatoms. The Bertz CT molecular complexity index is 333. The van der Waals surface area contributed by atoms with Crippen LogP contribution in [0.4, 0.5) is 4.39 Å². The average molecular weight is 303 g/mol. The normalized spacial score (nSPS) is 13.1. The molecule has 0 heterocycles. The van der Waals surface area contributed by atoms with Gasteiger partial charge in [-0.2, -0.15) is 0 Å². The van der Waals surface area contributed by atoms with Crippen LogP contribution >= 0.6 is 15.9 Å². The highest BCUT2D eigenvalue weighted by Gasteiger charge is 2.16. The Morgan fingerprint density at radius 1 is 1.29 bits per heavy atom. The van der Waals surface area contributed by atoms with Crippen molar-refractivity contribution < 1.29 is 4.39 Å². The van der Waals surface area contributed by atoms with Gasteiger partial charge in [0, 0.05) is 10.5 Å². The van der Waals surface area contributed by atoms with Crippen molar-refractivity contribution in [1.82, 2.24) is 5.43 Å². The first-order valence-electron chi connectivity index (χ1n) is 6.02. The zero-order chi connectivity index (χ0) is 12.8. The molecule has 17 heavy (non-hydrogen) atoms. The molecule has 1 aromatic carbocycles. The van der Waals surface area contributed by atoms with E-state index in [-0.39, 0.29) is 11.9 Å². The monoisotopic (exact) mass is 302 g/mol. The molecule has 0 amide bonds. The van der Waals surface area contributed by atoms with Crippen LogP contribution in [0.25, 0.3) is 0 Å². The number of benzene rings is 1. The Kier molecular flexibility index (Phi) is 6.09. The van der Waals surface area contributed by atoms with E-state index in [4.69, 9.17) is 5.84 Å². The van der Waals surface area contributed by atoms with Gasteiger partial charge in [0.2, 0.25) is 0 Å². The molecule has 0 aromatic heterocycles. The molecule has 1 unspecified atom stereocenters. The van der Waals surface area contributed by atoms with Crippen molar-refractivity contribution in [3.8, 4) is 0 Å². The summed E-state index contributed by atoms with van der Waals surface area (Å²) < 4.78 is 14.1. The summed E-state index contributed by atoms with van der Waals surface area (Å²) in [4.78, 5) is 0. The van der Waals surface area contributed by atoms with E-state index in [1.807, 2.05) is 6.07 Å². The summed E-state index contributed by atoms with van der Waals surface area (Å²) in [5, 5.41) is 0. The van der Waals surface area contributed by atoms with E-state index in [0.29, 0.717) is 5.92 Å². The van der Waals surface area contributed by atoms with Gasteiger partial charge in [0.25, 0.3) is 0 Å². The van der Waals surface area contributed by atoms with Crippen LogP contribution in [0.15, 0.2) is 22.7 Å². The van der Waals surface area contributed by atoms with Gasteiger partial charge in [-0.3, -0.25) is 11.3 Å². The number of hydrazine groups is 1. The van der Waals surface area contributed by atoms with Crippen molar-refractivity contribution in [2.24, 2.45) is 11.8 Å². The lowest BCUT2D eigenvalue weighted by molar-refractivity contribution is 0.374. The molecule has 96 valence electrons. The van der Waals surface area contributed by atoms with Crippen LogP contribution in [0.3, 0.4) is 0 Å². The SMILES string of the molecule is CCC(CC)CC(NN)c1cc(F)cc(Br)c1. The first kappa shape index (κ1) is 14.6. The Morgan fingerprint density at radius 3 is 2.41 bits per heavy atom. The standard InChI is InChI=1S/C13H20BrFN2/c1-3-9(4-2)5-13(17-16)10-6-11(14)8-12(15)7-10/h6-9,13,17H,3-5,16H2,1-2H3. The van der Waals surface area contributed by atoms with Gasteiger partial charge in [-0.05, 0) is 36.1 Å². The van der Waals surface area contributed by atoms with Crippen molar-refractivity contribution in [3.05, 3.63) is 34.1 Å². The molecule has 0 bridgehead atoms. The Labute approximate surface area is 111 Å². The van der Waals surface area contributed by atoms with Crippen LogP contribution in [0, 0.1) is 11.7 Å². The summed E-state index contributed by atoms with van der Waals surface area (Å²) in [5.41, 5.74) is 3.68. The molecule has 1 rings (SSSR count). The lowest BCUT2D eigenvalue weighted by Crippen LogP contribution is -2.29. The molecule has 3 N–H and O–H groups in total. The average Bonchev–Trinajstić information content (AvgIpc) is 2.29. The fourth-order valence-electron chi connectivity index (χ4n) is 2.03. The number of halogens is 2. The smallest absolute Gasteiger partial charge is 0.124 e. The molecule has 0 aliphatic heterocycles. The predicted octanol–water partition coefficient (Wildman–Crippen LogP) is 3.92. The van der Waals surface area contributed by atoms with Crippen LogP contribution in [0.2, 0.25) is 0 Å². The van der Waals surface area contributed by atoms with Gasteiger partial charge in [-0.1, -0.05) is 42.6 Å². The van der Waals surface area contributed by atoms with Crippen molar-refractivity contribution in [2.75, 3.05) is 0 Å². The summed E-state index contributed by atoms with van der Waals surface area (Å²) in [6.07, 6.45) is 3.16. The third-order valence-electron chi connectivity index (χ3n) is 3.21. The molecule has 0 spiro atoms. The lowest BCUT2D eigenvalue weighted by Gasteiger charge is -2.21. The van der Waals surface area contributed by atoms with Gasteiger partial charge in [0.1, 0.15) is 5.82 Å². The van der Waals surface area contributed by atoms with Crippen LogP contribution in [-0.4, -0.2) is 0 Å².